The van der Waals surface area contributed by atoms with E-state index in [1.807, 2.05) is 24.3 Å². The second-order valence-electron chi connectivity index (χ2n) is 11.2. The van der Waals surface area contributed by atoms with Crippen molar-refractivity contribution < 1.29 is 23.9 Å². The van der Waals surface area contributed by atoms with Gasteiger partial charge in [-0.05, 0) is 36.6 Å². The van der Waals surface area contributed by atoms with Crippen molar-refractivity contribution in [3.8, 4) is 0 Å². The molecule has 2 aromatic carbocycles. The Morgan fingerprint density at radius 1 is 0.762 bits per heavy atom. The lowest BCUT2D eigenvalue weighted by Crippen LogP contribution is -2.35. The topological polar surface area (TPSA) is 99.9 Å². The molecule has 2 amide bonds. The number of aryl methyl sites for hydroxylation is 1. The number of nitrogens with zero attached hydrogens (tertiary/aromatic N) is 1. The molecule has 42 heavy (non-hydrogen) atoms. The van der Waals surface area contributed by atoms with Crippen molar-refractivity contribution >= 4 is 28.8 Å². The lowest BCUT2D eigenvalue weighted by molar-refractivity contribution is -0.156. The van der Waals surface area contributed by atoms with Gasteiger partial charge in [0.15, 0.2) is 0 Å². The number of hydrogen-bond acceptors (Lipinski definition) is 4. The molecule has 2 N–H and O–H groups in total. The Morgan fingerprint density at radius 2 is 1.38 bits per heavy atom. The highest BCUT2D eigenvalue weighted by molar-refractivity contribution is 6.31. The normalized spacial score (nSPS) is 11.1. The van der Waals surface area contributed by atoms with Crippen LogP contribution in [0.5, 0.6) is 0 Å². The minimum Gasteiger partial charge on any atom is -0.474 e. The first-order valence-electron chi connectivity index (χ1n) is 15.8. The van der Waals surface area contributed by atoms with E-state index in [1.54, 1.807) is 24.3 Å². The largest absolute Gasteiger partial charge is 0.474 e. The Balaban J connectivity index is 1.53. The van der Waals surface area contributed by atoms with Gasteiger partial charge in [-0.3, -0.25) is 9.59 Å². The van der Waals surface area contributed by atoms with Gasteiger partial charge in [-0.2, -0.15) is 0 Å². The Kier molecular flexibility index (Phi) is 14.1. The summed E-state index contributed by atoms with van der Waals surface area (Å²) in [6.07, 6.45) is 15.2. The van der Waals surface area contributed by atoms with Crippen LogP contribution in [0.2, 0.25) is 0 Å². The van der Waals surface area contributed by atoms with Crippen LogP contribution >= 0.6 is 0 Å². The fraction of sp³-hybridized carbons (Fsp3) is 0.514. The van der Waals surface area contributed by atoms with Gasteiger partial charge in [-0.1, -0.05) is 108 Å². The fourth-order valence-corrected chi connectivity index (χ4v) is 5.29. The molecule has 0 atom stereocenters. The summed E-state index contributed by atoms with van der Waals surface area (Å²) in [6, 6.07) is 14.7. The number of carbonyl (C=O) groups is 3. The molecular weight excluding hydrogens is 528 g/mol. The van der Waals surface area contributed by atoms with Gasteiger partial charge in [0.1, 0.15) is 11.3 Å². The molecule has 3 rings (SSSR count). The number of carboxylic acid groups (broad SMARTS) is 1. The van der Waals surface area contributed by atoms with Crippen molar-refractivity contribution in [1.29, 1.82) is 0 Å². The molecule has 0 saturated heterocycles. The summed E-state index contributed by atoms with van der Waals surface area (Å²) in [5.74, 6) is -1.81. The summed E-state index contributed by atoms with van der Waals surface area (Å²) in [5.41, 5.74) is 2.87. The molecule has 0 aliphatic rings. The highest BCUT2D eigenvalue weighted by Crippen LogP contribution is 2.29. The van der Waals surface area contributed by atoms with Crippen LogP contribution in [-0.2, 0) is 29.1 Å². The monoisotopic (exact) mass is 576 g/mol. The average molecular weight is 577 g/mol. The van der Waals surface area contributed by atoms with Gasteiger partial charge in [0.2, 0.25) is 0 Å². The zero-order valence-corrected chi connectivity index (χ0v) is 25.5. The van der Waals surface area contributed by atoms with Gasteiger partial charge in [-0.15, -0.1) is 0 Å². The standard InChI is InChI=1S/C35H48N2O5/c1-3-5-7-8-9-10-11-12-13-16-24-36-33(38)28-22-20-27(21-23-28)25-37(34(39)35(40)41)26-30-29-17-14-15-19-31(29)42-32(30)18-6-4-2/h14-15,17,19-23H,3-13,16,18,24-26H2,1-2H3,(H,36,38)(H,40,41). The zero-order chi connectivity index (χ0) is 30.2. The Labute approximate surface area is 250 Å². The van der Waals surface area contributed by atoms with Crippen LogP contribution in [0.3, 0.4) is 0 Å². The fourth-order valence-electron chi connectivity index (χ4n) is 5.29. The lowest BCUT2D eigenvalue weighted by Gasteiger charge is -2.21. The number of carboxylic acids is 1. The van der Waals surface area contributed by atoms with Crippen molar-refractivity contribution in [2.45, 2.75) is 110 Å². The Bertz CT molecular complexity index is 1260. The zero-order valence-electron chi connectivity index (χ0n) is 25.5. The molecule has 7 nitrogen and oxygen atoms in total. The summed E-state index contributed by atoms with van der Waals surface area (Å²) in [7, 11) is 0. The number of benzene rings is 2. The van der Waals surface area contributed by atoms with Crippen LogP contribution < -0.4 is 5.32 Å². The van der Waals surface area contributed by atoms with Crippen LogP contribution in [0.25, 0.3) is 11.0 Å². The van der Waals surface area contributed by atoms with E-state index in [1.165, 1.54) is 56.3 Å². The highest BCUT2D eigenvalue weighted by atomic mass is 16.4. The number of rotatable bonds is 19. The molecule has 0 aliphatic heterocycles. The molecule has 0 unspecified atom stereocenters. The van der Waals surface area contributed by atoms with E-state index in [2.05, 4.69) is 19.2 Å². The molecule has 0 radical (unpaired) electrons. The van der Waals surface area contributed by atoms with Crippen LogP contribution in [0.1, 0.15) is 118 Å². The first-order valence-corrected chi connectivity index (χ1v) is 15.8. The highest BCUT2D eigenvalue weighted by Gasteiger charge is 2.25. The molecule has 228 valence electrons. The molecule has 0 spiro atoms. The van der Waals surface area contributed by atoms with E-state index < -0.39 is 11.9 Å². The number of unbranched alkanes of at least 4 members (excludes halogenated alkanes) is 10. The smallest absolute Gasteiger partial charge is 0.394 e. The minimum absolute atomic E-state index is 0.109. The second kappa shape index (κ2) is 18.0. The second-order valence-corrected chi connectivity index (χ2v) is 11.2. The van der Waals surface area contributed by atoms with E-state index in [-0.39, 0.29) is 19.0 Å². The Hall–Kier alpha value is -3.61. The predicted molar refractivity (Wildman–Crippen MR) is 167 cm³/mol. The number of hydrogen-bond donors (Lipinski definition) is 2. The predicted octanol–water partition coefficient (Wildman–Crippen LogP) is 8.04. The Morgan fingerprint density at radius 3 is 2.02 bits per heavy atom. The van der Waals surface area contributed by atoms with Gasteiger partial charge in [-0.25, -0.2) is 4.79 Å². The number of fused-ring (bicyclic) bond motifs is 1. The number of furan rings is 1. The molecule has 1 heterocycles. The van der Waals surface area contributed by atoms with E-state index >= 15 is 0 Å². The number of para-hydroxylation sites is 1. The van der Waals surface area contributed by atoms with E-state index in [0.717, 1.165) is 60.0 Å². The molecule has 3 aromatic rings. The van der Waals surface area contributed by atoms with Crippen molar-refractivity contribution in [2.24, 2.45) is 0 Å². The maximum absolute atomic E-state index is 12.7. The van der Waals surface area contributed by atoms with Gasteiger partial charge >= 0.3 is 11.9 Å². The maximum atomic E-state index is 12.7. The summed E-state index contributed by atoms with van der Waals surface area (Å²) in [5, 5.41) is 13.4. The van der Waals surface area contributed by atoms with Crippen LogP contribution in [0, 0.1) is 0 Å². The van der Waals surface area contributed by atoms with Crippen LogP contribution in [-0.4, -0.2) is 34.3 Å². The molecular formula is C35H48N2O5. The van der Waals surface area contributed by atoms with Crippen LogP contribution in [0.15, 0.2) is 52.9 Å². The summed E-state index contributed by atoms with van der Waals surface area (Å²) < 4.78 is 6.09. The van der Waals surface area contributed by atoms with Gasteiger partial charge < -0.3 is 19.7 Å². The number of aliphatic carboxylic acids is 1. The molecule has 1 aromatic heterocycles. The summed E-state index contributed by atoms with van der Waals surface area (Å²) >= 11 is 0. The van der Waals surface area contributed by atoms with Crippen LogP contribution in [0.4, 0.5) is 0 Å². The van der Waals surface area contributed by atoms with Crippen molar-refractivity contribution in [3.63, 3.8) is 0 Å². The first-order chi connectivity index (χ1) is 20.4. The number of amides is 2. The van der Waals surface area contributed by atoms with Gasteiger partial charge in [0.05, 0.1) is 6.54 Å². The van der Waals surface area contributed by atoms with E-state index in [0.29, 0.717) is 12.1 Å². The third-order valence-electron chi connectivity index (χ3n) is 7.76. The lowest BCUT2D eigenvalue weighted by atomic mass is 10.1. The van der Waals surface area contributed by atoms with Gasteiger partial charge in [0, 0.05) is 36.0 Å². The van der Waals surface area contributed by atoms with Gasteiger partial charge in [0.25, 0.3) is 5.91 Å². The third kappa shape index (κ3) is 10.3. The van der Waals surface area contributed by atoms with E-state index in [9.17, 15) is 19.5 Å². The quantitative estimate of drug-likeness (QED) is 0.111. The molecule has 0 saturated carbocycles. The van der Waals surface area contributed by atoms with Crippen molar-refractivity contribution in [3.05, 3.63) is 71.0 Å². The van der Waals surface area contributed by atoms with E-state index in [4.69, 9.17) is 4.42 Å². The van der Waals surface area contributed by atoms with Crippen molar-refractivity contribution in [1.82, 2.24) is 10.2 Å². The molecule has 0 bridgehead atoms. The van der Waals surface area contributed by atoms with Crippen molar-refractivity contribution in [2.75, 3.05) is 6.54 Å². The molecule has 0 aliphatic carbocycles. The number of nitrogens with one attached hydrogen (secondary N) is 1. The molecule has 0 fully saturated rings. The summed E-state index contributed by atoms with van der Waals surface area (Å²) in [4.78, 5) is 38.4. The third-order valence-corrected chi connectivity index (χ3v) is 7.76. The molecule has 7 heteroatoms. The average Bonchev–Trinajstić information content (AvgIpc) is 3.35. The SMILES string of the molecule is CCCCCCCCCCCCNC(=O)c1ccc(CN(Cc2c(CCCC)oc3ccccc23)C(=O)C(=O)O)cc1. The number of carbonyl (C=O) groups excluding carboxylic acids is 2. The first kappa shape index (κ1) is 32.9. The minimum atomic E-state index is -1.50. The maximum Gasteiger partial charge on any atom is 0.394 e. The summed E-state index contributed by atoms with van der Waals surface area (Å²) in [6.45, 7) is 5.23.